The molecule has 1 aromatic heterocycles. The van der Waals surface area contributed by atoms with E-state index in [-0.39, 0.29) is 6.61 Å². The molecule has 2 rings (SSSR count). The van der Waals surface area contributed by atoms with Gasteiger partial charge in [0, 0.05) is 11.8 Å². The van der Waals surface area contributed by atoms with Crippen LogP contribution < -0.4 is 4.74 Å². The molecule has 0 atom stereocenters. The average Bonchev–Trinajstić information content (AvgIpc) is 2.71. The largest absolute Gasteiger partial charge is 0.479 e. The van der Waals surface area contributed by atoms with Crippen molar-refractivity contribution in [3.05, 3.63) is 41.1 Å². The van der Waals surface area contributed by atoms with Crippen LogP contribution in [-0.4, -0.2) is 27.5 Å². The van der Waals surface area contributed by atoms with Crippen molar-refractivity contribution < 1.29 is 14.6 Å². The number of rotatable bonds is 4. The Balaban J connectivity index is 2.34. The standard InChI is InChI=1S/C14H16N2O3/c1-9-4-5-10(2)12(6-9)16-11(3)7-13(15-16)19-8-14(17)18/h4-7H,8H2,1-3H3,(H,17,18). The molecular formula is C14H16N2O3. The van der Waals surface area contributed by atoms with E-state index in [2.05, 4.69) is 5.10 Å². The first-order chi connectivity index (χ1) is 8.97. The van der Waals surface area contributed by atoms with Crippen LogP contribution in [0.4, 0.5) is 0 Å². The molecule has 0 radical (unpaired) electrons. The Labute approximate surface area is 111 Å². The van der Waals surface area contributed by atoms with Gasteiger partial charge in [0.25, 0.3) is 0 Å². The molecule has 0 bridgehead atoms. The van der Waals surface area contributed by atoms with Gasteiger partial charge in [-0.2, -0.15) is 0 Å². The predicted octanol–water partition coefficient (Wildman–Crippen LogP) is 2.26. The first-order valence-electron chi connectivity index (χ1n) is 5.96. The van der Waals surface area contributed by atoms with E-state index in [1.54, 1.807) is 10.7 Å². The van der Waals surface area contributed by atoms with Gasteiger partial charge in [0.05, 0.1) is 5.69 Å². The predicted molar refractivity (Wildman–Crippen MR) is 70.9 cm³/mol. The molecule has 1 heterocycles. The number of aryl methyl sites for hydroxylation is 3. The van der Waals surface area contributed by atoms with Gasteiger partial charge in [0.1, 0.15) is 0 Å². The van der Waals surface area contributed by atoms with E-state index in [4.69, 9.17) is 9.84 Å². The van der Waals surface area contributed by atoms with Gasteiger partial charge >= 0.3 is 5.97 Å². The van der Waals surface area contributed by atoms with Crippen LogP contribution in [0.3, 0.4) is 0 Å². The molecule has 0 saturated heterocycles. The zero-order valence-corrected chi connectivity index (χ0v) is 11.2. The summed E-state index contributed by atoms with van der Waals surface area (Å²) in [6, 6.07) is 7.84. The highest BCUT2D eigenvalue weighted by Gasteiger charge is 2.10. The molecule has 0 amide bonds. The van der Waals surface area contributed by atoms with Crippen LogP contribution in [0.2, 0.25) is 0 Å². The monoisotopic (exact) mass is 260 g/mol. The summed E-state index contributed by atoms with van der Waals surface area (Å²) in [5.74, 6) is -0.695. The molecular weight excluding hydrogens is 244 g/mol. The third-order valence-corrected chi connectivity index (χ3v) is 2.80. The quantitative estimate of drug-likeness (QED) is 0.915. The average molecular weight is 260 g/mol. The van der Waals surface area contributed by atoms with Crippen molar-refractivity contribution in [2.45, 2.75) is 20.8 Å². The van der Waals surface area contributed by atoms with Gasteiger partial charge in [-0.05, 0) is 38.0 Å². The molecule has 2 aromatic rings. The van der Waals surface area contributed by atoms with Crippen molar-refractivity contribution in [3.8, 4) is 11.6 Å². The number of ether oxygens (including phenoxy) is 1. The van der Waals surface area contributed by atoms with Crippen molar-refractivity contribution in [1.82, 2.24) is 9.78 Å². The number of carbonyl (C=O) groups is 1. The second-order valence-electron chi connectivity index (χ2n) is 4.51. The van der Waals surface area contributed by atoms with Gasteiger partial charge in [-0.1, -0.05) is 12.1 Å². The summed E-state index contributed by atoms with van der Waals surface area (Å²) in [6.07, 6.45) is 0. The van der Waals surface area contributed by atoms with Crippen LogP contribution in [0.5, 0.6) is 5.88 Å². The number of carboxylic acid groups (broad SMARTS) is 1. The zero-order chi connectivity index (χ0) is 14.0. The maximum atomic E-state index is 10.5. The van der Waals surface area contributed by atoms with Crippen LogP contribution >= 0.6 is 0 Å². The summed E-state index contributed by atoms with van der Waals surface area (Å²) in [6.45, 7) is 5.54. The number of aliphatic carboxylic acids is 1. The number of hydrogen-bond acceptors (Lipinski definition) is 3. The minimum absolute atomic E-state index is 0.320. The first-order valence-corrected chi connectivity index (χ1v) is 5.96. The van der Waals surface area contributed by atoms with E-state index in [0.717, 1.165) is 22.5 Å². The van der Waals surface area contributed by atoms with Crippen LogP contribution in [0, 0.1) is 20.8 Å². The van der Waals surface area contributed by atoms with E-state index in [9.17, 15) is 4.79 Å². The number of carboxylic acids is 1. The lowest BCUT2D eigenvalue weighted by Crippen LogP contribution is -2.10. The Morgan fingerprint density at radius 1 is 1.32 bits per heavy atom. The van der Waals surface area contributed by atoms with Gasteiger partial charge in [-0.25, -0.2) is 9.48 Å². The van der Waals surface area contributed by atoms with Crippen LogP contribution in [-0.2, 0) is 4.79 Å². The van der Waals surface area contributed by atoms with Gasteiger partial charge in [-0.3, -0.25) is 0 Å². The van der Waals surface area contributed by atoms with Crippen molar-refractivity contribution in [1.29, 1.82) is 0 Å². The Morgan fingerprint density at radius 3 is 2.74 bits per heavy atom. The fraction of sp³-hybridized carbons (Fsp3) is 0.286. The maximum absolute atomic E-state index is 10.5. The summed E-state index contributed by atoms with van der Waals surface area (Å²) < 4.78 is 6.85. The molecule has 1 N–H and O–H groups in total. The molecule has 1 aromatic carbocycles. The SMILES string of the molecule is Cc1ccc(C)c(-n2nc(OCC(=O)O)cc2C)c1. The normalized spacial score (nSPS) is 10.5. The Kier molecular flexibility index (Phi) is 3.55. The van der Waals surface area contributed by atoms with Crippen molar-refractivity contribution in [3.63, 3.8) is 0 Å². The van der Waals surface area contributed by atoms with E-state index in [1.165, 1.54) is 0 Å². The lowest BCUT2D eigenvalue weighted by Gasteiger charge is -2.08. The Morgan fingerprint density at radius 2 is 2.05 bits per heavy atom. The summed E-state index contributed by atoms with van der Waals surface area (Å²) in [4.78, 5) is 10.5. The summed E-state index contributed by atoms with van der Waals surface area (Å²) in [5, 5.41) is 12.9. The van der Waals surface area contributed by atoms with Crippen LogP contribution in [0.25, 0.3) is 5.69 Å². The Bertz CT molecular complexity index is 617. The second kappa shape index (κ2) is 5.14. The molecule has 5 heteroatoms. The Hall–Kier alpha value is -2.30. The molecule has 0 aliphatic rings. The molecule has 0 spiro atoms. The highest BCUT2D eigenvalue weighted by Crippen LogP contribution is 2.20. The molecule has 100 valence electrons. The summed E-state index contributed by atoms with van der Waals surface area (Å²) in [7, 11) is 0. The van der Waals surface area contributed by atoms with E-state index in [1.807, 2.05) is 39.0 Å². The van der Waals surface area contributed by atoms with Crippen LogP contribution in [0.1, 0.15) is 16.8 Å². The molecule has 0 aliphatic heterocycles. The highest BCUT2D eigenvalue weighted by atomic mass is 16.5. The lowest BCUT2D eigenvalue weighted by molar-refractivity contribution is -0.139. The molecule has 0 unspecified atom stereocenters. The lowest BCUT2D eigenvalue weighted by atomic mass is 10.1. The van der Waals surface area contributed by atoms with E-state index >= 15 is 0 Å². The third kappa shape index (κ3) is 2.93. The molecule has 0 saturated carbocycles. The highest BCUT2D eigenvalue weighted by molar-refractivity contribution is 5.68. The van der Waals surface area contributed by atoms with Crippen molar-refractivity contribution in [2.75, 3.05) is 6.61 Å². The number of aromatic nitrogens is 2. The second-order valence-corrected chi connectivity index (χ2v) is 4.51. The number of benzene rings is 1. The molecule has 5 nitrogen and oxygen atoms in total. The van der Waals surface area contributed by atoms with E-state index < -0.39 is 5.97 Å². The molecule has 0 fully saturated rings. The maximum Gasteiger partial charge on any atom is 0.341 e. The fourth-order valence-electron chi connectivity index (χ4n) is 1.84. The van der Waals surface area contributed by atoms with Crippen molar-refractivity contribution in [2.24, 2.45) is 0 Å². The minimum atomic E-state index is -1.01. The zero-order valence-electron chi connectivity index (χ0n) is 11.2. The van der Waals surface area contributed by atoms with Crippen LogP contribution in [0.15, 0.2) is 24.3 Å². The van der Waals surface area contributed by atoms with Gasteiger partial charge < -0.3 is 9.84 Å². The smallest absolute Gasteiger partial charge is 0.341 e. The van der Waals surface area contributed by atoms with Gasteiger partial charge in [0.2, 0.25) is 5.88 Å². The summed E-state index contributed by atoms with van der Waals surface area (Å²) >= 11 is 0. The molecule has 0 aliphatic carbocycles. The third-order valence-electron chi connectivity index (χ3n) is 2.80. The fourth-order valence-corrected chi connectivity index (χ4v) is 1.84. The number of nitrogens with zero attached hydrogens (tertiary/aromatic N) is 2. The first kappa shape index (κ1) is 13.1. The van der Waals surface area contributed by atoms with Gasteiger partial charge in [-0.15, -0.1) is 5.10 Å². The summed E-state index contributed by atoms with van der Waals surface area (Å²) in [5.41, 5.74) is 4.11. The minimum Gasteiger partial charge on any atom is -0.479 e. The van der Waals surface area contributed by atoms with E-state index in [0.29, 0.717) is 5.88 Å². The topological polar surface area (TPSA) is 64.4 Å². The van der Waals surface area contributed by atoms with Crippen molar-refractivity contribution >= 4 is 5.97 Å². The number of hydrogen-bond donors (Lipinski definition) is 1. The molecule has 19 heavy (non-hydrogen) atoms. The van der Waals surface area contributed by atoms with Gasteiger partial charge in [0.15, 0.2) is 6.61 Å².